The minimum Gasteiger partial charge on any atom is -0.394 e. The number of carbonyl (C=O) groups is 1. The van der Waals surface area contributed by atoms with E-state index in [4.69, 9.17) is 19.9 Å². The Bertz CT molecular complexity index is 729. The van der Waals surface area contributed by atoms with Gasteiger partial charge in [0.2, 0.25) is 0 Å². The molecule has 0 spiro atoms. The highest BCUT2D eigenvalue weighted by atomic mass is 16.7. The molecule has 0 aromatic rings. The van der Waals surface area contributed by atoms with Crippen LogP contribution in [0.5, 0.6) is 0 Å². The first kappa shape index (κ1) is 34.4. The van der Waals surface area contributed by atoms with Crippen molar-refractivity contribution in [3.05, 3.63) is 0 Å². The Morgan fingerprint density at radius 1 is 0.846 bits per heavy atom. The van der Waals surface area contributed by atoms with Crippen molar-refractivity contribution in [2.45, 2.75) is 145 Å². The highest BCUT2D eigenvalue weighted by molar-refractivity contribution is 5.89. The smallest absolute Gasteiger partial charge is 0.196 e. The van der Waals surface area contributed by atoms with Gasteiger partial charge in [0.1, 0.15) is 36.6 Å². The van der Waals surface area contributed by atoms with E-state index in [2.05, 4.69) is 6.92 Å². The SMILES string of the molecule is CCCCCCCCCCCCCC(=O)[C@@]1(O)[C@@H](O)[C@@H](O)[C@@H](O[C@H]2[C@H](O)[C@@H](O)[C@H](O)O[C@@H]2CO)O[C@]1(N)CO. The molecule has 10 N–H and O–H groups in total. The van der Waals surface area contributed by atoms with Gasteiger partial charge in [-0.15, -0.1) is 0 Å². The van der Waals surface area contributed by atoms with Gasteiger partial charge in [0, 0.05) is 6.42 Å². The third kappa shape index (κ3) is 8.15. The van der Waals surface area contributed by atoms with E-state index in [0.717, 1.165) is 19.3 Å². The molecule has 2 fully saturated rings. The number of ketones is 1. The summed E-state index contributed by atoms with van der Waals surface area (Å²) in [4.78, 5) is 13.0. The van der Waals surface area contributed by atoms with Crippen LogP contribution in [-0.4, -0.2) is 120 Å². The first-order valence-electron chi connectivity index (χ1n) is 14.1. The van der Waals surface area contributed by atoms with Crippen molar-refractivity contribution in [1.82, 2.24) is 0 Å². The largest absolute Gasteiger partial charge is 0.394 e. The Labute approximate surface area is 229 Å². The number of ether oxygens (including phenoxy) is 3. The van der Waals surface area contributed by atoms with Crippen LogP contribution >= 0.6 is 0 Å². The molecule has 0 aliphatic carbocycles. The lowest BCUT2D eigenvalue weighted by molar-refractivity contribution is -0.387. The number of unbranched alkanes of at least 4 members (excludes halogenated alkanes) is 10. The molecule has 13 heteroatoms. The molecule has 10 atom stereocenters. The maximum Gasteiger partial charge on any atom is 0.196 e. The van der Waals surface area contributed by atoms with Crippen LogP contribution < -0.4 is 5.73 Å². The number of aliphatic hydroxyl groups is 8. The molecular formula is C26H49NO12. The Kier molecular flexibility index (Phi) is 14.1. The number of hydrogen-bond donors (Lipinski definition) is 9. The van der Waals surface area contributed by atoms with Gasteiger partial charge in [0.25, 0.3) is 0 Å². The first-order valence-corrected chi connectivity index (χ1v) is 14.1. The predicted octanol–water partition coefficient (Wildman–Crippen LogP) is -1.47. The topological polar surface area (TPSA) is 233 Å². The highest BCUT2D eigenvalue weighted by Gasteiger charge is 2.66. The van der Waals surface area contributed by atoms with Gasteiger partial charge >= 0.3 is 0 Å². The normalized spacial score (nSPS) is 39.1. The molecule has 2 rings (SSSR count). The Morgan fingerprint density at radius 3 is 1.90 bits per heavy atom. The highest BCUT2D eigenvalue weighted by Crippen LogP contribution is 2.38. The van der Waals surface area contributed by atoms with Crippen molar-refractivity contribution >= 4 is 5.78 Å². The summed E-state index contributed by atoms with van der Waals surface area (Å²) in [5, 5.41) is 82.0. The summed E-state index contributed by atoms with van der Waals surface area (Å²) < 4.78 is 15.8. The summed E-state index contributed by atoms with van der Waals surface area (Å²) in [7, 11) is 0. The molecule has 2 saturated heterocycles. The summed E-state index contributed by atoms with van der Waals surface area (Å²) in [6.07, 6.45) is -3.40. The van der Waals surface area contributed by atoms with Crippen LogP contribution in [0.15, 0.2) is 0 Å². The summed E-state index contributed by atoms with van der Waals surface area (Å²) in [5.74, 6) is -0.923. The molecule has 0 bridgehead atoms. The summed E-state index contributed by atoms with van der Waals surface area (Å²) in [6, 6.07) is 0. The monoisotopic (exact) mass is 567 g/mol. The molecule has 0 saturated carbocycles. The van der Waals surface area contributed by atoms with Gasteiger partial charge < -0.3 is 55.1 Å². The zero-order valence-corrected chi connectivity index (χ0v) is 22.8. The number of nitrogens with two attached hydrogens (primary N) is 1. The Hall–Kier alpha value is -0.810. The van der Waals surface area contributed by atoms with E-state index in [-0.39, 0.29) is 6.42 Å². The van der Waals surface area contributed by atoms with Gasteiger partial charge in [-0.3, -0.25) is 10.5 Å². The second kappa shape index (κ2) is 16.0. The molecule has 2 aliphatic heterocycles. The van der Waals surface area contributed by atoms with Gasteiger partial charge in [0.05, 0.1) is 13.2 Å². The third-order valence-corrected chi connectivity index (χ3v) is 7.80. The van der Waals surface area contributed by atoms with Crippen LogP contribution in [0.1, 0.15) is 84.0 Å². The van der Waals surface area contributed by atoms with E-state index < -0.39 is 79.5 Å². The van der Waals surface area contributed by atoms with Crippen molar-refractivity contribution in [1.29, 1.82) is 0 Å². The number of Topliss-reactive ketones (excluding diaryl/α,β-unsaturated/α-hetero) is 1. The molecule has 0 amide bonds. The second-order valence-electron chi connectivity index (χ2n) is 10.8. The molecule has 0 unspecified atom stereocenters. The molecule has 230 valence electrons. The van der Waals surface area contributed by atoms with E-state index in [9.17, 15) is 45.6 Å². The average molecular weight is 568 g/mol. The van der Waals surface area contributed by atoms with Crippen LogP contribution in [0.4, 0.5) is 0 Å². The molecule has 0 radical (unpaired) electrons. The summed E-state index contributed by atoms with van der Waals surface area (Å²) >= 11 is 0. The second-order valence-corrected chi connectivity index (χ2v) is 10.8. The molecular weight excluding hydrogens is 518 g/mol. The maximum atomic E-state index is 13.0. The first-order chi connectivity index (χ1) is 18.5. The summed E-state index contributed by atoms with van der Waals surface area (Å²) in [5.41, 5.74) is 0.559. The Balaban J connectivity index is 1.94. The molecule has 2 heterocycles. The van der Waals surface area contributed by atoms with E-state index >= 15 is 0 Å². The predicted molar refractivity (Wildman–Crippen MR) is 137 cm³/mol. The van der Waals surface area contributed by atoms with Gasteiger partial charge in [-0.2, -0.15) is 0 Å². The van der Waals surface area contributed by atoms with Crippen LogP contribution in [-0.2, 0) is 19.0 Å². The van der Waals surface area contributed by atoms with Gasteiger partial charge in [0.15, 0.2) is 29.7 Å². The molecule has 39 heavy (non-hydrogen) atoms. The van der Waals surface area contributed by atoms with Crippen LogP contribution in [0.2, 0.25) is 0 Å². The van der Waals surface area contributed by atoms with Gasteiger partial charge in [-0.1, -0.05) is 71.1 Å². The fourth-order valence-corrected chi connectivity index (χ4v) is 5.21. The minimum atomic E-state index is -2.88. The van der Waals surface area contributed by atoms with Crippen molar-refractivity contribution in [3.8, 4) is 0 Å². The van der Waals surface area contributed by atoms with Gasteiger partial charge in [-0.25, -0.2) is 0 Å². The van der Waals surface area contributed by atoms with E-state index in [0.29, 0.717) is 12.8 Å². The number of carbonyl (C=O) groups excluding carboxylic acids is 1. The van der Waals surface area contributed by atoms with Crippen LogP contribution in [0.3, 0.4) is 0 Å². The standard InChI is InChI=1S/C26H49NO12/c1-2-3-4-5-6-7-8-9-10-11-12-13-17(30)26(36)22(34)20(33)24(39-25(26,27)15-29)38-21-16(14-28)37-23(35)19(32)18(21)31/h16,18-24,28-29,31-36H,2-15,27H2,1H3/t16-,18-,19-,20-,21-,22+,23-,24+,25-,26-/m1/s1. The zero-order chi connectivity index (χ0) is 29.2. The summed E-state index contributed by atoms with van der Waals surface area (Å²) in [6.45, 7) is 0.265. The minimum absolute atomic E-state index is 0.184. The van der Waals surface area contributed by atoms with E-state index in [1.807, 2.05) is 0 Å². The number of rotatable bonds is 17. The quantitative estimate of drug-likeness (QED) is 0.0915. The zero-order valence-electron chi connectivity index (χ0n) is 22.8. The van der Waals surface area contributed by atoms with Gasteiger partial charge in [-0.05, 0) is 6.42 Å². The van der Waals surface area contributed by atoms with Crippen molar-refractivity contribution in [2.75, 3.05) is 13.2 Å². The third-order valence-electron chi connectivity index (χ3n) is 7.80. The molecule has 13 nitrogen and oxygen atoms in total. The van der Waals surface area contributed by atoms with E-state index in [1.165, 1.54) is 38.5 Å². The molecule has 0 aromatic heterocycles. The van der Waals surface area contributed by atoms with Crippen LogP contribution in [0.25, 0.3) is 0 Å². The van der Waals surface area contributed by atoms with Crippen molar-refractivity contribution < 1.29 is 59.9 Å². The molecule has 2 aliphatic rings. The fraction of sp³-hybridized carbons (Fsp3) is 0.962. The number of aliphatic hydroxyl groups excluding tert-OH is 7. The lowest BCUT2D eigenvalue weighted by atomic mass is 9.75. The van der Waals surface area contributed by atoms with Crippen molar-refractivity contribution in [3.63, 3.8) is 0 Å². The fourth-order valence-electron chi connectivity index (χ4n) is 5.21. The lowest BCUT2D eigenvalue weighted by Crippen LogP contribution is -2.80. The average Bonchev–Trinajstić information content (AvgIpc) is 2.93. The lowest BCUT2D eigenvalue weighted by Gasteiger charge is -2.53. The maximum absolute atomic E-state index is 13.0. The molecule has 0 aromatic carbocycles. The van der Waals surface area contributed by atoms with Crippen molar-refractivity contribution in [2.24, 2.45) is 5.73 Å². The number of hydrogen-bond acceptors (Lipinski definition) is 13. The Morgan fingerprint density at radius 2 is 1.38 bits per heavy atom. The van der Waals surface area contributed by atoms with E-state index in [1.54, 1.807) is 0 Å². The van der Waals surface area contributed by atoms with Crippen LogP contribution in [0, 0.1) is 0 Å².